The zero-order valence-electron chi connectivity index (χ0n) is 28.6. The summed E-state index contributed by atoms with van der Waals surface area (Å²) in [4.78, 5) is 12.4. The molecule has 4 aromatic carbocycles. The summed E-state index contributed by atoms with van der Waals surface area (Å²) >= 11 is 0. The molecule has 5 nitrogen and oxygen atoms in total. The monoisotopic (exact) mass is 812 g/mol. The van der Waals surface area contributed by atoms with E-state index >= 15 is 0 Å². The number of aliphatic imine (C=N–C) groups is 1. The minimum atomic E-state index is -0.555. The molecule has 0 bridgehead atoms. The molecule has 0 unspecified atom stereocenters. The van der Waals surface area contributed by atoms with Gasteiger partial charge in [0.05, 0.1) is 0 Å². The number of aryl methyl sites for hydroxylation is 2. The Balaban J connectivity index is 0.00000364. The topological polar surface area (TPSA) is 47.0 Å². The van der Waals surface area contributed by atoms with Gasteiger partial charge in [-0.2, -0.15) is 5.56 Å². The van der Waals surface area contributed by atoms with Crippen molar-refractivity contribution in [3.8, 4) is 11.5 Å². The summed E-state index contributed by atoms with van der Waals surface area (Å²) in [5, 5.41) is 0. The summed E-state index contributed by atoms with van der Waals surface area (Å²) in [6, 6.07) is 36.6. The Kier molecular flexibility index (Phi) is 7.35. The smallest absolute Gasteiger partial charge is 0.510 e. The van der Waals surface area contributed by atoms with Crippen molar-refractivity contribution in [2.24, 2.45) is 4.99 Å². The molecule has 244 valence electrons. The first-order valence-electron chi connectivity index (χ1n) is 16.3. The number of fused-ring (bicyclic) bond motifs is 5. The molecule has 3 aliphatic rings. The van der Waals surface area contributed by atoms with Crippen LogP contribution in [0.1, 0.15) is 80.5 Å². The summed E-state index contributed by atoms with van der Waals surface area (Å²) in [5.41, 5.74) is 8.23. The molecule has 0 N–H and O–H groups in total. The van der Waals surface area contributed by atoms with Crippen LogP contribution in [0.25, 0.3) is 0 Å². The van der Waals surface area contributed by atoms with Crippen LogP contribution < -0.4 is 9.64 Å². The summed E-state index contributed by atoms with van der Waals surface area (Å²) in [7, 11) is 0. The van der Waals surface area contributed by atoms with Gasteiger partial charge in [-0.05, 0) is 42.7 Å². The molecule has 0 amide bonds. The fraction of sp³-hybridized carbons (Fsp3) is 0.286. The first-order chi connectivity index (χ1) is 22.3. The van der Waals surface area contributed by atoms with E-state index in [-0.39, 0.29) is 31.9 Å². The molecule has 2 atom stereocenters. The maximum absolute atomic E-state index is 6.86. The second-order valence-electron chi connectivity index (χ2n) is 14.6. The van der Waals surface area contributed by atoms with Gasteiger partial charge in [-0.3, -0.25) is 4.99 Å². The van der Waals surface area contributed by atoms with E-state index in [2.05, 4.69) is 139 Å². The molecule has 0 radical (unpaired) electrons. The Morgan fingerprint density at radius 1 is 0.708 bits per heavy atom. The molecule has 0 saturated carbocycles. The molecule has 3 heterocycles. The third-order valence-electron chi connectivity index (χ3n) is 11.0. The second-order valence-corrected chi connectivity index (χ2v) is 14.6. The number of ether oxygens (including phenoxy) is 2. The zero-order chi connectivity index (χ0) is 32.9. The quantitative estimate of drug-likeness (QED) is 0.170. The number of para-hydroxylation sites is 1. The van der Waals surface area contributed by atoms with Gasteiger partial charge in [-0.25, -0.2) is 4.98 Å². The summed E-state index contributed by atoms with van der Waals surface area (Å²) in [6.07, 6.45) is 1.86. The van der Waals surface area contributed by atoms with Gasteiger partial charge >= 0.3 is 21.1 Å². The molecular weight excluding hydrogens is 774 g/mol. The van der Waals surface area contributed by atoms with Crippen LogP contribution in [0.5, 0.6) is 11.5 Å². The number of anilines is 3. The Bertz CT molecular complexity index is 2090. The number of rotatable bonds is 4. The minimum Gasteiger partial charge on any atom is -0.510 e. The van der Waals surface area contributed by atoms with E-state index in [0.29, 0.717) is 17.4 Å². The van der Waals surface area contributed by atoms with Crippen molar-refractivity contribution in [2.45, 2.75) is 77.4 Å². The normalized spacial score (nSPS) is 22.3. The van der Waals surface area contributed by atoms with Gasteiger partial charge in [-0.1, -0.05) is 113 Å². The molecule has 8 rings (SSSR count). The number of nitrogens with zero attached hydrogens (tertiary/aromatic N) is 3. The summed E-state index contributed by atoms with van der Waals surface area (Å²) < 4.78 is 13.4. The van der Waals surface area contributed by atoms with E-state index in [1.54, 1.807) is 0 Å². The van der Waals surface area contributed by atoms with Crippen molar-refractivity contribution in [3.05, 3.63) is 142 Å². The molecule has 1 aromatic heterocycles. The zero-order valence-corrected chi connectivity index (χ0v) is 30.9. The van der Waals surface area contributed by atoms with Crippen LogP contribution in [0, 0.1) is 26.0 Å². The number of aromatic nitrogens is 1. The molecule has 6 heteroatoms. The largest absolute Gasteiger partial charge is 2.00 e. The van der Waals surface area contributed by atoms with Crippen LogP contribution in [0.4, 0.5) is 17.2 Å². The number of hydrogen-bond acceptors (Lipinski definition) is 5. The maximum Gasteiger partial charge on any atom is 2.00 e. The fourth-order valence-electron chi connectivity index (χ4n) is 8.07. The summed E-state index contributed by atoms with van der Waals surface area (Å²) in [6.45, 7) is 17.5. The first kappa shape index (κ1) is 32.3. The van der Waals surface area contributed by atoms with E-state index in [4.69, 9.17) is 19.5 Å². The summed E-state index contributed by atoms with van der Waals surface area (Å²) in [5.74, 6) is 2.69. The van der Waals surface area contributed by atoms with E-state index in [1.165, 1.54) is 22.3 Å². The Morgan fingerprint density at radius 2 is 1.33 bits per heavy atom. The van der Waals surface area contributed by atoms with Crippen LogP contribution in [0.2, 0.25) is 0 Å². The fourth-order valence-corrected chi connectivity index (χ4v) is 8.07. The Labute approximate surface area is 298 Å². The molecule has 0 saturated heterocycles. The van der Waals surface area contributed by atoms with Crippen LogP contribution in [-0.4, -0.2) is 16.5 Å². The van der Waals surface area contributed by atoms with Gasteiger partial charge in [0.15, 0.2) is 0 Å². The maximum atomic E-state index is 6.86. The van der Waals surface area contributed by atoms with Gasteiger partial charge in [0.2, 0.25) is 0 Å². The van der Waals surface area contributed by atoms with E-state index < -0.39 is 11.1 Å². The van der Waals surface area contributed by atoms with Crippen LogP contribution >= 0.6 is 0 Å². The average Bonchev–Trinajstić information content (AvgIpc) is 3.39. The predicted octanol–water partition coefficient (Wildman–Crippen LogP) is 9.94. The minimum absolute atomic E-state index is 0. The van der Waals surface area contributed by atoms with Crippen LogP contribution in [0.3, 0.4) is 0 Å². The molecule has 1 aliphatic carbocycles. The molecular formula is C42H39N3O2Pt. The first-order valence-corrected chi connectivity index (χ1v) is 16.3. The van der Waals surface area contributed by atoms with Crippen molar-refractivity contribution in [3.63, 3.8) is 0 Å². The number of pyridine rings is 1. The Hall–Kier alpha value is -4.21. The SMILES string of the molecule is Cc1cc(Oc2[c-]c(N3c4ccccc4C(C)(C)c4cccnc43)cc(C)c2)[c-]c(C2=N[C@]3(C)c4ccccc4C(C)(C)[C@]3(C)O2)c1.[Pt+2]. The molecule has 0 fully saturated rings. The Morgan fingerprint density at radius 3 is 2.08 bits per heavy atom. The molecule has 5 aromatic rings. The molecule has 48 heavy (non-hydrogen) atoms. The number of hydrogen-bond donors (Lipinski definition) is 0. The van der Waals surface area contributed by atoms with Crippen LogP contribution in [-0.2, 0) is 42.2 Å². The van der Waals surface area contributed by atoms with Crippen molar-refractivity contribution in [2.75, 3.05) is 4.90 Å². The van der Waals surface area contributed by atoms with Crippen LogP contribution in [0.15, 0.2) is 96.1 Å². The average molecular weight is 813 g/mol. The van der Waals surface area contributed by atoms with Gasteiger partial charge in [0.1, 0.15) is 22.9 Å². The molecule has 2 aliphatic heterocycles. The third kappa shape index (κ3) is 4.46. The molecule has 0 spiro atoms. The third-order valence-corrected chi connectivity index (χ3v) is 11.0. The second kappa shape index (κ2) is 10.9. The van der Waals surface area contributed by atoms with Gasteiger partial charge in [-0.15, -0.1) is 29.8 Å². The predicted molar refractivity (Wildman–Crippen MR) is 188 cm³/mol. The van der Waals surface area contributed by atoms with E-state index in [0.717, 1.165) is 33.9 Å². The standard InChI is InChI=1S/C42H39N3O2.Pt/c1-26-20-28(38-44-41(7)33-15-10-9-14-32(33)40(5,6)42(41,8)47-38)24-30(22-26)46-31-23-27(2)21-29(25-31)45-36-18-12-11-16-34(36)39(3,4)35-17-13-19-43-37(35)45;/h9-23H,1-8H3;/q-2;+2/t41-,42+;/m1./s1. The van der Waals surface area contributed by atoms with E-state index in [9.17, 15) is 0 Å². The number of benzene rings is 4. The van der Waals surface area contributed by atoms with Gasteiger partial charge in [0, 0.05) is 39.8 Å². The van der Waals surface area contributed by atoms with Gasteiger partial charge in [0.25, 0.3) is 0 Å². The van der Waals surface area contributed by atoms with Crippen molar-refractivity contribution in [1.29, 1.82) is 0 Å². The van der Waals surface area contributed by atoms with Gasteiger partial charge < -0.3 is 14.4 Å². The van der Waals surface area contributed by atoms with Crippen molar-refractivity contribution < 1.29 is 30.5 Å². The van der Waals surface area contributed by atoms with E-state index in [1.807, 2.05) is 24.4 Å². The van der Waals surface area contributed by atoms with Crippen molar-refractivity contribution >= 4 is 23.1 Å². The van der Waals surface area contributed by atoms with Crippen molar-refractivity contribution in [1.82, 2.24) is 4.98 Å².